The minimum atomic E-state index is -4.70. The molecule has 4 N–H and O–H groups in total. The minimum Gasteiger partial charge on any atom is -0.496 e. The highest BCUT2D eigenvalue weighted by Gasteiger charge is 2.37. The van der Waals surface area contributed by atoms with Crippen LogP contribution < -0.4 is 15.5 Å². The number of carboxylic acid groups (broad SMARTS) is 1. The van der Waals surface area contributed by atoms with E-state index in [4.69, 9.17) is 4.74 Å². The lowest BCUT2D eigenvalue weighted by Gasteiger charge is -2.35. The predicted octanol–water partition coefficient (Wildman–Crippen LogP) is 5.58. The van der Waals surface area contributed by atoms with Crippen molar-refractivity contribution in [3.63, 3.8) is 0 Å². The maximum absolute atomic E-state index is 14.8. The number of pyridine rings is 1. The summed E-state index contributed by atoms with van der Waals surface area (Å²) in [6.45, 7) is 0.752. The maximum Gasteiger partial charge on any atom is 0.408 e. The monoisotopic (exact) mass is 656 g/mol. The first-order valence-corrected chi connectivity index (χ1v) is 14.2. The number of aliphatic carboxylic acids is 1. The van der Waals surface area contributed by atoms with Crippen molar-refractivity contribution in [2.75, 3.05) is 24.4 Å². The number of ether oxygens (including phenoxy) is 1. The summed E-state index contributed by atoms with van der Waals surface area (Å²) in [4.78, 5) is 31.3. The Morgan fingerprint density at radius 1 is 1.04 bits per heavy atom. The van der Waals surface area contributed by atoms with Gasteiger partial charge in [0.2, 0.25) is 0 Å². The summed E-state index contributed by atoms with van der Waals surface area (Å²) in [6, 6.07) is 11.1. The molecule has 3 atom stereocenters. The van der Waals surface area contributed by atoms with Gasteiger partial charge in [-0.3, -0.25) is 9.78 Å². The van der Waals surface area contributed by atoms with E-state index in [1.54, 1.807) is 36.2 Å². The number of aromatic nitrogens is 1. The van der Waals surface area contributed by atoms with Gasteiger partial charge >= 0.3 is 12.1 Å². The molecule has 9 nitrogen and oxygen atoms in total. The van der Waals surface area contributed by atoms with Gasteiger partial charge in [0, 0.05) is 47.6 Å². The van der Waals surface area contributed by atoms with Crippen LogP contribution in [-0.2, 0) is 16.0 Å². The normalized spacial score (nSPS) is 16.0. The van der Waals surface area contributed by atoms with Crippen LogP contribution in [0.2, 0.25) is 0 Å². The van der Waals surface area contributed by atoms with E-state index in [0.717, 1.165) is 18.2 Å². The Balaban J connectivity index is 1.47. The van der Waals surface area contributed by atoms with Crippen molar-refractivity contribution in [1.29, 1.82) is 0 Å². The van der Waals surface area contributed by atoms with Gasteiger partial charge in [-0.2, -0.15) is 13.2 Å². The van der Waals surface area contributed by atoms with E-state index in [9.17, 15) is 41.8 Å². The van der Waals surface area contributed by atoms with E-state index in [0.29, 0.717) is 45.5 Å². The Kier molecular flexibility index (Phi) is 9.07. The molecule has 5 rings (SSSR count). The molecule has 2 heterocycles. The number of carbonyl (C=O) groups excluding carboxylic acids is 1. The standard InChI is InChI=1S/C33H29F5N4O5/c1-16(33(36,37)38)40-18-14-22(34)27(23(35)15-18)30(43)41-24(32(45)46)13-17-10-11-21(28-19(17)8-6-12-39-28)26-29(47-3)20-7-4-5-9-25(20)42(2)31(26)44/h4-12,14-16,24,31,40,44H,13H2,1-3H3,(H,41,43)(H,45,46)/t16-,24+,31?/m1/s1. The zero-order chi connectivity index (χ0) is 34.2. The fourth-order valence-corrected chi connectivity index (χ4v) is 5.52. The van der Waals surface area contributed by atoms with E-state index >= 15 is 0 Å². The molecular formula is C33H29F5N4O5. The summed E-state index contributed by atoms with van der Waals surface area (Å²) in [7, 11) is 3.20. The van der Waals surface area contributed by atoms with Crippen LogP contribution in [0.25, 0.3) is 22.2 Å². The van der Waals surface area contributed by atoms with E-state index in [2.05, 4.69) is 10.3 Å². The van der Waals surface area contributed by atoms with Gasteiger partial charge in [0.25, 0.3) is 5.91 Å². The molecule has 0 aliphatic carbocycles. The number of hydrogen-bond donors (Lipinski definition) is 4. The largest absolute Gasteiger partial charge is 0.496 e. The number of methoxy groups -OCH3 is 1. The van der Waals surface area contributed by atoms with Crippen molar-refractivity contribution in [3.05, 3.63) is 101 Å². The van der Waals surface area contributed by atoms with Crippen LogP contribution in [0.4, 0.5) is 33.3 Å². The molecule has 47 heavy (non-hydrogen) atoms. The Morgan fingerprint density at radius 2 is 1.72 bits per heavy atom. The predicted molar refractivity (Wildman–Crippen MR) is 165 cm³/mol. The van der Waals surface area contributed by atoms with E-state index in [1.807, 2.05) is 29.6 Å². The third kappa shape index (κ3) is 6.41. The van der Waals surface area contributed by atoms with Crippen molar-refractivity contribution < 1.29 is 46.5 Å². The number of hydrogen-bond acceptors (Lipinski definition) is 7. The molecule has 1 amide bonds. The van der Waals surface area contributed by atoms with Crippen LogP contribution in [0.5, 0.6) is 0 Å². The van der Waals surface area contributed by atoms with Crippen LogP contribution in [-0.4, -0.2) is 65.7 Å². The summed E-state index contributed by atoms with van der Waals surface area (Å²) in [5.41, 5.74) is 1.49. The Morgan fingerprint density at radius 3 is 2.36 bits per heavy atom. The summed E-state index contributed by atoms with van der Waals surface area (Å²) in [5, 5.41) is 25.8. The van der Waals surface area contributed by atoms with Gasteiger partial charge in [-0.25, -0.2) is 13.6 Å². The molecule has 0 spiro atoms. The second kappa shape index (κ2) is 12.9. The molecule has 0 saturated heterocycles. The van der Waals surface area contributed by atoms with E-state index in [1.165, 1.54) is 13.3 Å². The number of halogens is 5. The molecule has 1 aromatic heterocycles. The molecule has 0 bridgehead atoms. The number of para-hydroxylation sites is 1. The van der Waals surface area contributed by atoms with Crippen LogP contribution in [0, 0.1) is 11.6 Å². The van der Waals surface area contributed by atoms with Crippen LogP contribution in [0.3, 0.4) is 0 Å². The molecule has 0 saturated carbocycles. The molecule has 1 unspecified atom stereocenters. The number of alkyl halides is 3. The lowest BCUT2D eigenvalue weighted by molar-refractivity contribution is -0.139. The Hall–Kier alpha value is -5.24. The van der Waals surface area contributed by atoms with Gasteiger partial charge in [-0.15, -0.1) is 0 Å². The second-order valence-electron chi connectivity index (χ2n) is 10.9. The van der Waals surface area contributed by atoms with Gasteiger partial charge in [-0.05, 0) is 42.8 Å². The quantitative estimate of drug-likeness (QED) is 0.172. The number of likely N-dealkylation sites (N-methyl/N-ethyl adjacent to an activating group) is 1. The SMILES string of the molecule is COC1=C(c2ccc(C[C@H](NC(=O)c3c(F)cc(N[C@H](C)C(F)(F)F)cc3F)C(=O)O)c3cccnc23)C(O)N(C)c2ccccc21. The fraction of sp³-hybridized carbons (Fsp3) is 0.242. The van der Waals surface area contributed by atoms with Crippen LogP contribution >= 0.6 is 0 Å². The summed E-state index contributed by atoms with van der Waals surface area (Å²) < 4.78 is 74.0. The lowest BCUT2D eigenvalue weighted by atomic mass is 9.90. The van der Waals surface area contributed by atoms with Crippen molar-refractivity contribution in [1.82, 2.24) is 10.3 Å². The topological polar surface area (TPSA) is 124 Å². The minimum absolute atomic E-state index is 0.336. The van der Waals surface area contributed by atoms with E-state index < -0.39 is 59.2 Å². The summed E-state index contributed by atoms with van der Waals surface area (Å²) in [6.07, 6.45) is -4.65. The average molecular weight is 657 g/mol. The highest BCUT2D eigenvalue weighted by atomic mass is 19.4. The molecule has 3 aromatic carbocycles. The molecule has 246 valence electrons. The summed E-state index contributed by atoms with van der Waals surface area (Å²) in [5.74, 6) is -5.48. The van der Waals surface area contributed by atoms with Crippen molar-refractivity contribution in [2.45, 2.75) is 37.8 Å². The molecule has 1 aliphatic heterocycles. The second-order valence-corrected chi connectivity index (χ2v) is 10.9. The van der Waals surface area contributed by atoms with Crippen molar-refractivity contribution in [3.8, 4) is 0 Å². The van der Waals surface area contributed by atoms with Gasteiger partial charge < -0.3 is 30.5 Å². The van der Waals surface area contributed by atoms with E-state index in [-0.39, 0.29) is 6.42 Å². The number of fused-ring (bicyclic) bond motifs is 2. The molecular weight excluding hydrogens is 627 g/mol. The number of amides is 1. The number of nitrogens with zero attached hydrogens (tertiary/aromatic N) is 2. The molecule has 14 heteroatoms. The number of aliphatic hydroxyl groups is 1. The Labute approximate surface area is 265 Å². The van der Waals surface area contributed by atoms with Gasteiger partial charge in [0.15, 0.2) is 6.23 Å². The maximum atomic E-state index is 14.8. The molecule has 0 radical (unpaired) electrons. The highest BCUT2D eigenvalue weighted by Crippen LogP contribution is 2.43. The third-order valence-electron chi connectivity index (χ3n) is 7.92. The van der Waals surface area contributed by atoms with Gasteiger partial charge in [-0.1, -0.05) is 30.3 Å². The zero-order valence-electron chi connectivity index (χ0n) is 25.2. The molecule has 1 aliphatic rings. The lowest BCUT2D eigenvalue weighted by Crippen LogP contribution is -2.43. The number of carbonyl (C=O) groups is 2. The number of nitrogens with one attached hydrogen (secondary N) is 2. The van der Waals surface area contributed by atoms with Crippen molar-refractivity contribution in [2.24, 2.45) is 0 Å². The van der Waals surface area contributed by atoms with Crippen LogP contribution in [0.15, 0.2) is 66.9 Å². The van der Waals surface area contributed by atoms with Gasteiger partial charge in [0.05, 0.1) is 18.2 Å². The van der Waals surface area contributed by atoms with Gasteiger partial charge in [0.1, 0.15) is 35.0 Å². The number of carboxylic acids is 1. The first-order valence-electron chi connectivity index (χ1n) is 14.2. The molecule has 4 aromatic rings. The van der Waals surface area contributed by atoms with Crippen LogP contribution in [0.1, 0.15) is 34.0 Å². The number of rotatable bonds is 9. The smallest absolute Gasteiger partial charge is 0.408 e. The fourth-order valence-electron chi connectivity index (χ4n) is 5.52. The summed E-state index contributed by atoms with van der Waals surface area (Å²) >= 11 is 0. The molecule has 0 fully saturated rings. The zero-order valence-corrected chi connectivity index (χ0v) is 25.2. The Bertz CT molecular complexity index is 1870. The first-order chi connectivity index (χ1) is 22.2. The highest BCUT2D eigenvalue weighted by molar-refractivity contribution is 6.04. The number of anilines is 2. The van der Waals surface area contributed by atoms with Crippen molar-refractivity contribution >= 4 is 45.5 Å². The number of aliphatic hydroxyl groups excluding tert-OH is 1. The first kappa shape index (κ1) is 33.1. The third-order valence-corrected chi connectivity index (χ3v) is 7.92. The number of benzene rings is 3. The average Bonchev–Trinajstić information content (AvgIpc) is 3.01.